The first kappa shape index (κ1) is 15.4. The number of aromatic nitrogens is 2. The van der Waals surface area contributed by atoms with Gasteiger partial charge in [-0.15, -0.1) is 10.2 Å². The van der Waals surface area contributed by atoms with Gasteiger partial charge in [0.15, 0.2) is 5.69 Å². The van der Waals surface area contributed by atoms with Crippen LogP contribution in [0.5, 0.6) is 0 Å². The quantitative estimate of drug-likeness (QED) is 0.767. The summed E-state index contributed by atoms with van der Waals surface area (Å²) in [6.07, 6.45) is 0.992. The molecule has 2 aliphatic rings. The molecule has 1 heterocycles. The Labute approximate surface area is 144 Å². The molecule has 7 heteroatoms. The number of aliphatic hydroxyl groups excluding tert-OH is 1. The maximum absolute atomic E-state index is 11.7. The van der Waals surface area contributed by atoms with E-state index in [1.807, 2.05) is 12.1 Å². The van der Waals surface area contributed by atoms with Crippen LogP contribution >= 0.6 is 11.6 Å². The molecule has 24 heavy (non-hydrogen) atoms. The third-order valence-electron chi connectivity index (χ3n) is 4.73. The average molecular weight is 345 g/mol. The van der Waals surface area contributed by atoms with Crippen LogP contribution in [-0.2, 0) is 6.42 Å². The standard InChI is InChI=1S/C17H17ClN4O2/c18-12-3-1-2-9-10(12)8-11-15(9)16(11)20-14-5-4-13(21-22-14)17(24)19-6-7-23/h1-5,11,15-16,23H,6-8H2,(H,19,24)(H,20,22). The zero-order valence-corrected chi connectivity index (χ0v) is 13.6. The van der Waals surface area contributed by atoms with Crippen molar-refractivity contribution in [3.05, 3.63) is 52.2 Å². The molecule has 2 aromatic rings. The number of nitrogens with zero attached hydrogens (tertiary/aromatic N) is 2. The van der Waals surface area contributed by atoms with Gasteiger partial charge in [-0.25, -0.2) is 0 Å². The lowest BCUT2D eigenvalue weighted by atomic mass is 10.0. The highest BCUT2D eigenvalue weighted by molar-refractivity contribution is 6.31. The lowest BCUT2D eigenvalue weighted by molar-refractivity contribution is 0.0939. The number of anilines is 1. The smallest absolute Gasteiger partial charge is 0.271 e. The van der Waals surface area contributed by atoms with Crippen LogP contribution in [0.1, 0.15) is 27.5 Å². The molecule has 1 aromatic carbocycles. The summed E-state index contributed by atoms with van der Waals surface area (Å²) in [7, 11) is 0. The van der Waals surface area contributed by atoms with Gasteiger partial charge in [0.1, 0.15) is 5.82 Å². The molecule has 0 radical (unpaired) electrons. The van der Waals surface area contributed by atoms with E-state index in [0.29, 0.717) is 23.7 Å². The molecule has 0 bridgehead atoms. The first-order chi connectivity index (χ1) is 11.7. The third-order valence-corrected chi connectivity index (χ3v) is 5.09. The second kappa shape index (κ2) is 6.03. The summed E-state index contributed by atoms with van der Waals surface area (Å²) in [6.45, 7) is 0.0999. The van der Waals surface area contributed by atoms with Crippen molar-refractivity contribution in [2.75, 3.05) is 18.5 Å². The van der Waals surface area contributed by atoms with Crippen molar-refractivity contribution in [2.45, 2.75) is 18.4 Å². The number of halogens is 1. The molecule has 124 valence electrons. The number of amides is 1. The van der Waals surface area contributed by atoms with Crippen molar-refractivity contribution in [1.29, 1.82) is 0 Å². The molecule has 6 nitrogen and oxygen atoms in total. The number of benzene rings is 1. The van der Waals surface area contributed by atoms with Crippen LogP contribution in [0.25, 0.3) is 0 Å². The molecule has 3 N–H and O–H groups in total. The van der Waals surface area contributed by atoms with Crippen molar-refractivity contribution in [1.82, 2.24) is 15.5 Å². The summed E-state index contributed by atoms with van der Waals surface area (Å²) in [6, 6.07) is 9.82. The maximum atomic E-state index is 11.7. The summed E-state index contributed by atoms with van der Waals surface area (Å²) in [5.41, 5.74) is 2.84. The molecular formula is C17H17ClN4O2. The van der Waals surface area contributed by atoms with Gasteiger partial charge in [0.2, 0.25) is 0 Å². The largest absolute Gasteiger partial charge is 0.395 e. The predicted octanol–water partition coefficient (Wildman–Crippen LogP) is 1.60. The Kier molecular flexibility index (Phi) is 3.86. The van der Waals surface area contributed by atoms with Crippen LogP contribution in [-0.4, -0.2) is 40.4 Å². The van der Waals surface area contributed by atoms with Crippen LogP contribution in [0.4, 0.5) is 5.82 Å². The second-order valence-corrected chi connectivity index (χ2v) is 6.56. The Morgan fingerprint density at radius 3 is 2.92 bits per heavy atom. The molecule has 3 atom stereocenters. The fraction of sp³-hybridized carbons (Fsp3) is 0.353. The Balaban J connectivity index is 1.41. The van der Waals surface area contributed by atoms with Gasteiger partial charge in [0.25, 0.3) is 5.91 Å². The molecule has 0 aliphatic heterocycles. The Morgan fingerprint density at radius 2 is 2.17 bits per heavy atom. The summed E-state index contributed by atoms with van der Waals surface area (Å²) in [4.78, 5) is 11.7. The van der Waals surface area contributed by atoms with E-state index in [1.54, 1.807) is 12.1 Å². The zero-order valence-electron chi connectivity index (χ0n) is 12.9. The van der Waals surface area contributed by atoms with Crippen LogP contribution in [0.2, 0.25) is 5.02 Å². The van der Waals surface area contributed by atoms with Crippen molar-refractivity contribution in [3.63, 3.8) is 0 Å². The van der Waals surface area contributed by atoms with Crippen LogP contribution in [0.15, 0.2) is 30.3 Å². The maximum Gasteiger partial charge on any atom is 0.271 e. The summed E-state index contributed by atoms with van der Waals surface area (Å²) >= 11 is 6.25. The molecule has 3 unspecified atom stereocenters. The summed E-state index contributed by atoms with van der Waals surface area (Å²) in [5.74, 6) is 1.36. The molecule has 1 saturated carbocycles. The minimum absolute atomic E-state index is 0.102. The van der Waals surface area contributed by atoms with Crippen molar-refractivity contribution < 1.29 is 9.90 Å². The minimum atomic E-state index is -0.338. The van der Waals surface area contributed by atoms with E-state index < -0.39 is 0 Å². The Morgan fingerprint density at radius 1 is 1.29 bits per heavy atom. The van der Waals surface area contributed by atoms with E-state index in [9.17, 15) is 4.79 Å². The first-order valence-electron chi connectivity index (χ1n) is 7.95. The molecule has 4 rings (SSSR count). The molecule has 2 aliphatic carbocycles. The van der Waals surface area contributed by atoms with Crippen LogP contribution in [0, 0.1) is 5.92 Å². The molecular weight excluding hydrogens is 328 g/mol. The zero-order chi connectivity index (χ0) is 16.7. The SMILES string of the molecule is O=C(NCCO)c1ccc(NC2C3Cc4c(Cl)cccc4C32)nn1. The summed E-state index contributed by atoms with van der Waals surface area (Å²) < 4.78 is 0. The van der Waals surface area contributed by atoms with E-state index >= 15 is 0 Å². The monoisotopic (exact) mass is 344 g/mol. The second-order valence-electron chi connectivity index (χ2n) is 6.15. The fourth-order valence-corrected chi connectivity index (χ4v) is 3.81. The Hall–Kier alpha value is -2.18. The van der Waals surface area contributed by atoms with Gasteiger partial charge in [-0.05, 0) is 41.7 Å². The molecule has 0 saturated heterocycles. The fourth-order valence-electron chi connectivity index (χ4n) is 3.55. The third kappa shape index (κ3) is 2.61. The number of carbonyl (C=O) groups excluding carboxylic acids is 1. The molecule has 1 amide bonds. The number of nitrogens with one attached hydrogen (secondary N) is 2. The highest BCUT2D eigenvalue weighted by Crippen LogP contribution is 2.58. The van der Waals surface area contributed by atoms with Crippen molar-refractivity contribution >= 4 is 23.3 Å². The van der Waals surface area contributed by atoms with Gasteiger partial charge in [-0.3, -0.25) is 4.79 Å². The van der Waals surface area contributed by atoms with E-state index in [0.717, 1.165) is 11.4 Å². The molecule has 1 aromatic heterocycles. The van der Waals surface area contributed by atoms with E-state index in [-0.39, 0.29) is 24.8 Å². The normalized spacial score (nSPS) is 23.3. The van der Waals surface area contributed by atoms with Crippen molar-refractivity contribution in [3.8, 4) is 0 Å². The number of rotatable bonds is 5. The van der Waals surface area contributed by atoms with Gasteiger partial charge >= 0.3 is 0 Å². The average Bonchev–Trinajstić information content (AvgIpc) is 3.10. The van der Waals surface area contributed by atoms with E-state index in [4.69, 9.17) is 16.7 Å². The van der Waals surface area contributed by atoms with Crippen LogP contribution < -0.4 is 10.6 Å². The number of hydrogen-bond donors (Lipinski definition) is 3. The Bertz CT molecular complexity index is 781. The van der Waals surface area contributed by atoms with Gasteiger partial charge in [-0.1, -0.05) is 23.7 Å². The molecule has 1 fully saturated rings. The lowest BCUT2D eigenvalue weighted by Crippen LogP contribution is -2.27. The topological polar surface area (TPSA) is 87.1 Å². The van der Waals surface area contributed by atoms with Gasteiger partial charge in [0.05, 0.1) is 6.61 Å². The van der Waals surface area contributed by atoms with E-state index in [2.05, 4.69) is 26.9 Å². The first-order valence-corrected chi connectivity index (χ1v) is 8.33. The number of hydrogen-bond acceptors (Lipinski definition) is 5. The number of aliphatic hydroxyl groups is 1. The summed E-state index contributed by atoms with van der Waals surface area (Å²) in [5, 5.41) is 23.5. The number of fused-ring (bicyclic) bond motifs is 3. The van der Waals surface area contributed by atoms with Crippen LogP contribution in [0.3, 0.4) is 0 Å². The van der Waals surface area contributed by atoms with E-state index in [1.165, 1.54) is 11.1 Å². The highest BCUT2D eigenvalue weighted by atomic mass is 35.5. The minimum Gasteiger partial charge on any atom is -0.395 e. The highest BCUT2D eigenvalue weighted by Gasteiger charge is 2.56. The predicted molar refractivity (Wildman–Crippen MR) is 90.2 cm³/mol. The van der Waals surface area contributed by atoms with Gasteiger partial charge in [0, 0.05) is 23.5 Å². The van der Waals surface area contributed by atoms with Gasteiger partial charge < -0.3 is 15.7 Å². The van der Waals surface area contributed by atoms with Gasteiger partial charge in [-0.2, -0.15) is 0 Å². The van der Waals surface area contributed by atoms with Crippen molar-refractivity contribution in [2.24, 2.45) is 5.92 Å². The lowest BCUT2D eigenvalue weighted by Gasteiger charge is -2.11. The number of carbonyl (C=O) groups is 1. The molecule has 0 spiro atoms.